The van der Waals surface area contributed by atoms with Crippen molar-refractivity contribution < 1.29 is 24.0 Å². The highest BCUT2D eigenvalue weighted by atomic mass is 16.6. The first kappa shape index (κ1) is 19.3. The average molecular weight is 402 g/mol. The first-order valence-corrected chi connectivity index (χ1v) is 9.39. The monoisotopic (exact) mass is 402 g/mol. The average Bonchev–Trinajstić information content (AvgIpc) is 2.68. The number of non-ortho nitro benzene ring substituents is 1. The molecular formula is C19H22N4O6. The van der Waals surface area contributed by atoms with Gasteiger partial charge in [0.1, 0.15) is 0 Å². The molecule has 2 fully saturated rings. The summed E-state index contributed by atoms with van der Waals surface area (Å²) in [5, 5.41) is 11.3. The van der Waals surface area contributed by atoms with Crippen LogP contribution in [0.5, 0.6) is 0 Å². The van der Waals surface area contributed by atoms with Crippen molar-refractivity contribution in [1.29, 1.82) is 0 Å². The fourth-order valence-electron chi connectivity index (χ4n) is 5.05. The van der Waals surface area contributed by atoms with Crippen molar-refractivity contribution >= 4 is 29.2 Å². The van der Waals surface area contributed by atoms with Crippen LogP contribution in [-0.2, 0) is 20.7 Å². The zero-order valence-electron chi connectivity index (χ0n) is 16.6. The van der Waals surface area contributed by atoms with Gasteiger partial charge in [-0.3, -0.25) is 29.5 Å². The minimum atomic E-state index is -1.60. The van der Waals surface area contributed by atoms with Gasteiger partial charge >= 0.3 is 6.03 Å². The number of hydrogen-bond acceptors (Lipinski definition) is 7. The third-order valence-electron chi connectivity index (χ3n) is 6.19. The van der Waals surface area contributed by atoms with Crippen LogP contribution in [0.2, 0.25) is 0 Å². The van der Waals surface area contributed by atoms with Gasteiger partial charge < -0.3 is 9.64 Å². The Labute approximate surface area is 167 Å². The van der Waals surface area contributed by atoms with Crippen molar-refractivity contribution in [3.63, 3.8) is 0 Å². The van der Waals surface area contributed by atoms with Crippen molar-refractivity contribution in [2.75, 3.05) is 25.5 Å². The molecule has 0 aromatic heterocycles. The molecule has 4 rings (SSSR count). The molecule has 0 bridgehead atoms. The molecule has 1 spiro atoms. The van der Waals surface area contributed by atoms with Crippen molar-refractivity contribution in [2.24, 2.45) is 5.41 Å². The molecule has 1 aromatic carbocycles. The van der Waals surface area contributed by atoms with Crippen molar-refractivity contribution in [3.05, 3.63) is 33.9 Å². The number of ether oxygens (including phenoxy) is 1. The summed E-state index contributed by atoms with van der Waals surface area (Å²) in [5.41, 5.74) is -0.426. The molecule has 3 heterocycles. The normalized spacial score (nSPS) is 28.5. The van der Waals surface area contributed by atoms with Gasteiger partial charge in [-0.1, -0.05) is 0 Å². The predicted octanol–water partition coefficient (Wildman–Crippen LogP) is 1.17. The van der Waals surface area contributed by atoms with Crippen LogP contribution in [-0.4, -0.2) is 71.5 Å². The van der Waals surface area contributed by atoms with Crippen LogP contribution < -0.4 is 4.90 Å². The number of barbiturate groups is 1. The van der Waals surface area contributed by atoms with Crippen LogP contribution >= 0.6 is 0 Å². The summed E-state index contributed by atoms with van der Waals surface area (Å²) in [6, 6.07) is 3.17. The van der Waals surface area contributed by atoms with Gasteiger partial charge in [0.15, 0.2) is 5.41 Å². The van der Waals surface area contributed by atoms with E-state index in [9.17, 15) is 24.5 Å². The summed E-state index contributed by atoms with van der Waals surface area (Å²) >= 11 is 0. The Morgan fingerprint density at radius 3 is 2.34 bits per heavy atom. The van der Waals surface area contributed by atoms with Gasteiger partial charge in [-0.2, -0.15) is 0 Å². The van der Waals surface area contributed by atoms with Crippen LogP contribution in [0.15, 0.2) is 18.2 Å². The molecule has 0 radical (unpaired) electrons. The second kappa shape index (κ2) is 6.24. The van der Waals surface area contributed by atoms with Gasteiger partial charge in [0.2, 0.25) is 11.8 Å². The van der Waals surface area contributed by atoms with Crippen LogP contribution in [0.1, 0.15) is 19.4 Å². The number of carbonyl (C=O) groups excluding carboxylic acids is 3. The number of rotatable bonds is 1. The van der Waals surface area contributed by atoms with E-state index in [4.69, 9.17) is 4.74 Å². The van der Waals surface area contributed by atoms with Crippen LogP contribution in [0, 0.1) is 15.5 Å². The number of anilines is 1. The SMILES string of the molecule is C[C@@H]1CN2c3ccc([N+](=O)[O-])cc3CC3(C(=O)N(C)C(=O)N(C)C3=O)[C@@H]2[C@@H](C)O1. The molecule has 154 valence electrons. The summed E-state index contributed by atoms with van der Waals surface area (Å²) < 4.78 is 5.98. The number of benzene rings is 1. The highest BCUT2D eigenvalue weighted by molar-refractivity contribution is 6.20. The topological polar surface area (TPSA) is 113 Å². The second-order valence-electron chi connectivity index (χ2n) is 7.98. The maximum absolute atomic E-state index is 13.4. The Kier molecular flexibility index (Phi) is 4.16. The highest BCUT2D eigenvalue weighted by Crippen LogP contribution is 2.49. The lowest BCUT2D eigenvalue weighted by atomic mass is 9.66. The molecular weight excluding hydrogens is 380 g/mol. The minimum absolute atomic E-state index is 0.0348. The van der Waals surface area contributed by atoms with E-state index in [0.29, 0.717) is 12.1 Å². The molecule has 10 nitrogen and oxygen atoms in total. The van der Waals surface area contributed by atoms with Gasteiger partial charge in [-0.25, -0.2) is 4.79 Å². The van der Waals surface area contributed by atoms with E-state index in [1.807, 2.05) is 18.7 Å². The molecule has 0 saturated carbocycles. The molecule has 1 aromatic rings. The zero-order valence-corrected chi connectivity index (χ0v) is 16.6. The largest absolute Gasteiger partial charge is 0.372 e. The highest BCUT2D eigenvalue weighted by Gasteiger charge is 2.65. The van der Waals surface area contributed by atoms with Crippen LogP contribution in [0.25, 0.3) is 0 Å². The molecule has 0 unspecified atom stereocenters. The van der Waals surface area contributed by atoms with E-state index in [1.165, 1.54) is 26.2 Å². The summed E-state index contributed by atoms with van der Waals surface area (Å²) in [6.45, 7) is 4.12. The number of fused-ring (bicyclic) bond motifs is 4. The Balaban J connectivity index is 1.96. The van der Waals surface area contributed by atoms with Crippen molar-refractivity contribution in [2.45, 2.75) is 38.5 Å². The van der Waals surface area contributed by atoms with E-state index < -0.39 is 40.3 Å². The van der Waals surface area contributed by atoms with Crippen molar-refractivity contribution in [1.82, 2.24) is 9.80 Å². The number of amides is 4. The van der Waals surface area contributed by atoms with Gasteiger partial charge in [-0.05, 0) is 25.5 Å². The Morgan fingerprint density at radius 1 is 1.14 bits per heavy atom. The lowest BCUT2D eigenvalue weighted by Gasteiger charge is -2.57. The Morgan fingerprint density at radius 2 is 1.76 bits per heavy atom. The maximum atomic E-state index is 13.4. The lowest BCUT2D eigenvalue weighted by Crippen LogP contribution is -2.75. The third-order valence-corrected chi connectivity index (χ3v) is 6.19. The summed E-state index contributed by atoms with van der Waals surface area (Å²) in [4.78, 5) is 53.8. The standard InChI is InChI=1S/C19H22N4O6/c1-10-9-22-14-6-5-13(23(27)28)7-12(14)8-19(15(22)11(2)29-10)16(24)20(3)18(26)21(4)17(19)25/h5-7,10-11,15H,8-9H2,1-4H3/t10-,11-,15+/m1/s1. The number of imide groups is 2. The van der Waals surface area contributed by atoms with Gasteiger partial charge in [-0.15, -0.1) is 0 Å². The minimum Gasteiger partial charge on any atom is -0.372 e. The Bertz CT molecular complexity index is 923. The molecule has 3 atom stereocenters. The van der Waals surface area contributed by atoms with E-state index in [2.05, 4.69) is 0 Å². The number of morpholine rings is 1. The van der Waals surface area contributed by atoms with Crippen LogP contribution in [0.3, 0.4) is 0 Å². The second-order valence-corrected chi connectivity index (χ2v) is 7.98. The quantitative estimate of drug-likeness (QED) is 0.394. The molecule has 0 N–H and O–H groups in total. The van der Waals surface area contributed by atoms with Crippen LogP contribution in [0.4, 0.5) is 16.2 Å². The molecule has 29 heavy (non-hydrogen) atoms. The fourth-order valence-corrected chi connectivity index (χ4v) is 5.05. The smallest absolute Gasteiger partial charge is 0.332 e. The molecule has 3 aliphatic heterocycles. The van der Waals surface area contributed by atoms with Gasteiger partial charge in [0, 0.05) is 44.9 Å². The van der Waals surface area contributed by atoms with Gasteiger partial charge in [0.05, 0.1) is 23.2 Å². The van der Waals surface area contributed by atoms with E-state index in [1.54, 1.807) is 6.07 Å². The number of hydrogen-bond donors (Lipinski definition) is 0. The predicted molar refractivity (Wildman–Crippen MR) is 101 cm³/mol. The number of urea groups is 1. The zero-order chi connectivity index (χ0) is 21.2. The number of nitro groups is 1. The van der Waals surface area contributed by atoms with E-state index >= 15 is 0 Å². The first-order valence-electron chi connectivity index (χ1n) is 9.39. The molecule has 10 heteroatoms. The summed E-state index contributed by atoms with van der Waals surface area (Å²) in [6.07, 6.45) is -0.664. The summed E-state index contributed by atoms with van der Waals surface area (Å²) in [7, 11) is 2.69. The maximum Gasteiger partial charge on any atom is 0.332 e. The van der Waals surface area contributed by atoms with E-state index in [-0.39, 0.29) is 18.2 Å². The first-order chi connectivity index (χ1) is 13.6. The number of carbonyl (C=O) groups is 3. The molecule has 4 amide bonds. The Hall–Kier alpha value is -3.01. The number of nitro benzene ring substituents is 1. The molecule has 3 aliphatic rings. The molecule has 2 saturated heterocycles. The van der Waals surface area contributed by atoms with Crippen molar-refractivity contribution in [3.8, 4) is 0 Å². The number of nitrogens with zero attached hydrogens (tertiary/aromatic N) is 4. The molecule has 0 aliphatic carbocycles. The fraction of sp³-hybridized carbons (Fsp3) is 0.526. The van der Waals surface area contributed by atoms with Gasteiger partial charge in [0.25, 0.3) is 5.69 Å². The third kappa shape index (κ3) is 2.48. The lowest BCUT2D eigenvalue weighted by molar-refractivity contribution is -0.384. The summed E-state index contributed by atoms with van der Waals surface area (Å²) in [5.74, 6) is -1.22. The van der Waals surface area contributed by atoms with E-state index in [0.717, 1.165) is 15.5 Å².